The van der Waals surface area contributed by atoms with E-state index in [9.17, 15) is 13.2 Å². The zero-order valence-corrected chi connectivity index (χ0v) is 17.3. The van der Waals surface area contributed by atoms with Gasteiger partial charge in [0.1, 0.15) is 5.82 Å². The van der Waals surface area contributed by atoms with Crippen LogP contribution < -0.4 is 0 Å². The van der Waals surface area contributed by atoms with Crippen molar-refractivity contribution in [3.8, 4) is 11.3 Å². The molecule has 1 saturated carbocycles. The fraction of sp³-hybridized carbons (Fsp3) is 0.636. The highest BCUT2D eigenvalue weighted by molar-refractivity contribution is 5.59. The van der Waals surface area contributed by atoms with Gasteiger partial charge in [-0.05, 0) is 37.7 Å². The minimum Gasteiger partial charge on any atom is -0.381 e. The smallest absolute Gasteiger partial charge is 0.381 e. The minimum atomic E-state index is -4.41. The van der Waals surface area contributed by atoms with Gasteiger partial charge < -0.3 is 9.30 Å². The average Bonchev–Trinajstić information content (AvgIpc) is 3.08. The van der Waals surface area contributed by atoms with Gasteiger partial charge in [0.2, 0.25) is 0 Å². The molecule has 0 bridgehead atoms. The molecule has 1 aliphatic carbocycles. The van der Waals surface area contributed by atoms with Gasteiger partial charge in [-0.25, -0.2) is 4.98 Å². The third-order valence-electron chi connectivity index (χ3n) is 7.02. The lowest BCUT2D eigenvalue weighted by molar-refractivity contribution is -0.138. The molecule has 1 unspecified atom stereocenters. The van der Waals surface area contributed by atoms with Crippen LogP contribution in [0.25, 0.3) is 11.3 Å². The Morgan fingerprint density at radius 1 is 1.17 bits per heavy atom. The van der Waals surface area contributed by atoms with Crippen LogP contribution in [0.3, 0.4) is 0 Å². The summed E-state index contributed by atoms with van der Waals surface area (Å²) in [6, 6.07) is 2.23. The fourth-order valence-corrected chi connectivity index (χ4v) is 5.34. The van der Waals surface area contributed by atoms with E-state index in [1.807, 2.05) is 13.1 Å². The van der Waals surface area contributed by atoms with E-state index in [1.54, 1.807) is 0 Å². The third kappa shape index (κ3) is 3.43. The molecular formula is C22H27F3N4O. The molecule has 30 heavy (non-hydrogen) atoms. The topological polar surface area (TPSA) is 43.2 Å². The molecule has 0 aromatic carbocycles. The lowest BCUT2D eigenvalue weighted by Gasteiger charge is -2.32. The van der Waals surface area contributed by atoms with Crippen LogP contribution in [0.1, 0.15) is 42.9 Å². The van der Waals surface area contributed by atoms with Crippen molar-refractivity contribution in [2.24, 2.45) is 11.8 Å². The number of alkyl halides is 3. The van der Waals surface area contributed by atoms with Gasteiger partial charge in [0, 0.05) is 68.5 Å². The largest absolute Gasteiger partial charge is 0.418 e. The molecule has 162 valence electrons. The molecule has 3 atom stereocenters. The van der Waals surface area contributed by atoms with Gasteiger partial charge >= 0.3 is 6.18 Å². The average molecular weight is 420 g/mol. The van der Waals surface area contributed by atoms with Crippen LogP contribution >= 0.6 is 0 Å². The highest BCUT2D eigenvalue weighted by Gasteiger charge is 2.58. The van der Waals surface area contributed by atoms with Crippen molar-refractivity contribution in [2.45, 2.75) is 51.4 Å². The van der Waals surface area contributed by atoms with Crippen LogP contribution in [0, 0.1) is 18.8 Å². The first-order valence-corrected chi connectivity index (χ1v) is 10.8. The Bertz CT molecular complexity index is 923. The van der Waals surface area contributed by atoms with E-state index in [1.165, 1.54) is 19.2 Å². The standard InChI is InChI=1S/C22H27F3N4O/c1-3-20-27-19(14-8-18(22(23,24)25)13(2)26-9-14)12-29(20)21-16-10-28(11-17(16)21)15-4-6-30-7-5-15/h8-9,12,15-17,21H,3-7,10-11H2,1-2H3/t16-,17+,21?. The van der Waals surface area contributed by atoms with Gasteiger partial charge in [-0.15, -0.1) is 0 Å². The molecule has 8 heteroatoms. The number of ether oxygens (including phenoxy) is 1. The Morgan fingerprint density at radius 3 is 2.50 bits per heavy atom. The number of aryl methyl sites for hydroxylation is 2. The summed E-state index contributed by atoms with van der Waals surface area (Å²) in [4.78, 5) is 11.3. The van der Waals surface area contributed by atoms with Crippen LogP contribution in [0.15, 0.2) is 18.5 Å². The van der Waals surface area contributed by atoms with E-state index in [-0.39, 0.29) is 5.69 Å². The molecule has 3 fully saturated rings. The number of piperidine rings is 1. The predicted molar refractivity (Wildman–Crippen MR) is 106 cm³/mol. The number of fused-ring (bicyclic) bond motifs is 1. The SMILES string of the molecule is CCc1nc(-c2cnc(C)c(C(F)(F)F)c2)cn1C1[C@H]2CN(C3CCOCC3)C[C@@H]12. The lowest BCUT2D eigenvalue weighted by atomic mass is 10.1. The third-order valence-corrected chi connectivity index (χ3v) is 7.02. The van der Waals surface area contributed by atoms with Gasteiger partial charge in [0.25, 0.3) is 0 Å². The number of aromatic nitrogens is 3. The Labute approximate surface area is 174 Å². The summed E-state index contributed by atoms with van der Waals surface area (Å²) in [5, 5.41) is 0. The summed E-state index contributed by atoms with van der Waals surface area (Å²) in [6.07, 6.45) is 2.00. The number of rotatable bonds is 4. The second kappa shape index (κ2) is 7.34. The summed E-state index contributed by atoms with van der Waals surface area (Å²) in [7, 11) is 0. The maximum absolute atomic E-state index is 13.3. The quantitative estimate of drug-likeness (QED) is 0.747. The zero-order valence-electron chi connectivity index (χ0n) is 17.3. The Morgan fingerprint density at radius 2 is 1.87 bits per heavy atom. The lowest BCUT2D eigenvalue weighted by Crippen LogP contribution is -2.39. The van der Waals surface area contributed by atoms with Crippen molar-refractivity contribution >= 4 is 0 Å². The van der Waals surface area contributed by atoms with Crippen molar-refractivity contribution in [3.05, 3.63) is 35.5 Å². The van der Waals surface area contributed by atoms with Gasteiger partial charge in [-0.2, -0.15) is 13.2 Å². The monoisotopic (exact) mass is 420 g/mol. The molecule has 2 aliphatic heterocycles. The van der Waals surface area contributed by atoms with Crippen LogP contribution in [-0.4, -0.2) is 51.8 Å². The van der Waals surface area contributed by atoms with Gasteiger partial charge in [-0.3, -0.25) is 9.88 Å². The van der Waals surface area contributed by atoms with E-state index in [0.717, 1.165) is 51.4 Å². The number of pyridine rings is 1. The Balaban J connectivity index is 1.36. The molecule has 0 amide bonds. The molecule has 4 heterocycles. The summed E-state index contributed by atoms with van der Waals surface area (Å²) in [5.74, 6) is 2.17. The van der Waals surface area contributed by atoms with Crippen molar-refractivity contribution in [1.29, 1.82) is 0 Å². The van der Waals surface area contributed by atoms with E-state index in [2.05, 4.69) is 19.4 Å². The molecule has 2 aromatic rings. The molecule has 0 radical (unpaired) electrons. The highest BCUT2D eigenvalue weighted by atomic mass is 19.4. The maximum atomic E-state index is 13.3. The van der Waals surface area contributed by atoms with E-state index < -0.39 is 11.7 Å². The normalized spacial score (nSPS) is 27.4. The van der Waals surface area contributed by atoms with E-state index in [0.29, 0.717) is 35.2 Å². The molecule has 3 aliphatic rings. The highest BCUT2D eigenvalue weighted by Crippen LogP contribution is 2.56. The number of halogens is 3. The van der Waals surface area contributed by atoms with Crippen molar-refractivity contribution in [1.82, 2.24) is 19.4 Å². The summed E-state index contributed by atoms with van der Waals surface area (Å²) < 4.78 is 47.6. The first-order chi connectivity index (χ1) is 14.4. The zero-order chi connectivity index (χ0) is 21.0. The van der Waals surface area contributed by atoms with Crippen molar-refractivity contribution in [2.75, 3.05) is 26.3 Å². The number of hydrogen-bond donors (Lipinski definition) is 0. The van der Waals surface area contributed by atoms with Crippen LogP contribution in [0.4, 0.5) is 13.2 Å². The summed E-state index contributed by atoms with van der Waals surface area (Å²) in [5.41, 5.74) is 0.307. The first kappa shape index (κ1) is 20.0. The molecule has 5 nitrogen and oxygen atoms in total. The molecule has 0 N–H and O–H groups in total. The second-order valence-electron chi connectivity index (χ2n) is 8.77. The summed E-state index contributed by atoms with van der Waals surface area (Å²) in [6.45, 7) is 7.34. The summed E-state index contributed by atoms with van der Waals surface area (Å²) >= 11 is 0. The van der Waals surface area contributed by atoms with Gasteiger partial charge in [-0.1, -0.05) is 6.92 Å². The molecular weight excluding hydrogens is 393 g/mol. The number of imidazole rings is 1. The van der Waals surface area contributed by atoms with Crippen molar-refractivity contribution < 1.29 is 17.9 Å². The number of nitrogens with zero attached hydrogens (tertiary/aromatic N) is 4. The van der Waals surface area contributed by atoms with Gasteiger partial charge in [0.05, 0.1) is 11.3 Å². The predicted octanol–water partition coefficient (Wildman–Crippen LogP) is 4.12. The number of hydrogen-bond acceptors (Lipinski definition) is 4. The molecule has 0 spiro atoms. The molecule has 5 rings (SSSR count). The second-order valence-corrected chi connectivity index (χ2v) is 8.77. The van der Waals surface area contributed by atoms with Crippen LogP contribution in [0.2, 0.25) is 0 Å². The van der Waals surface area contributed by atoms with Crippen LogP contribution in [-0.2, 0) is 17.3 Å². The molecule has 2 saturated heterocycles. The Hall–Kier alpha value is -1.93. The van der Waals surface area contributed by atoms with Crippen LogP contribution in [0.5, 0.6) is 0 Å². The van der Waals surface area contributed by atoms with E-state index >= 15 is 0 Å². The maximum Gasteiger partial charge on any atom is 0.418 e. The number of likely N-dealkylation sites (tertiary alicyclic amines) is 1. The van der Waals surface area contributed by atoms with Gasteiger partial charge in [0.15, 0.2) is 0 Å². The van der Waals surface area contributed by atoms with Crippen molar-refractivity contribution in [3.63, 3.8) is 0 Å². The first-order valence-electron chi connectivity index (χ1n) is 10.8. The minimum absolute atomic E-state index is 0.00803. The van der Waals surface area contributed by atoms with E-state index in [4.69, 9.17) is 4.74 Å². The molecule has 2 aromatic heterocycles. The fourth-order valence-electron chi connectivity index (χ4n) is 5.34. The Kier molecular flexibility index (Phi) is 4.89.